The van der Waals surface area contributed by atoms with E-state index in [2.05, 4.69) is 10.6 Å². The maximum atomic E-state index is 11.6. The van der Waals surface area contributed by atoms with Crippen LogP contribution in [0.15, 0.2) is 42.5 Å². The number of nitrogens with zero attached hydrogens (tertiary/aromatic N) is 1. The Hall–Kier alpha value is -2.89. The lowest BCUT2D eigenvalue weighted by atomic mass is 10.1. The molecule has 2 aromatic carbocycles. The van der Waals surface area contributed by atoms with Gasteiger partial charge < -0.3 is 10.6 Å². The maximum absolute atomic E-state index is 11.6. The maximum Gasteiger partial charge on any atom is 0.292 e. The van der Waals surface area contributed by atoms with Gasteiger partial charge in [0.2, 0.25) is 0 Å². The summed E-state index contributed by atoms with van der Waals surface area (Å²) in [6.45, 7) is 2.38. The van der Waals surface area contributed by atoms with Crippen LogP contribution in [0.25, 0.3) is 0 Å². The van der Waals surface area contributed by atoms with E-state index in [0.29, 0.717) is 24.2 Å². The van der Waals surface area contributed by atoms with Crippen molar-refractivity contribution >= 4 is 17.3 Å². The van der Waals surface area contributed by atoms with Crippen LogP contribution in [0, 0.1) is 17.0 Å². The quantitative estimate of drug-likeness (QED) is 0.634. The van der Waals surface area contributed by atoms with Crippen molar-refractivity contribution in [2.75, 3.05) is 18.9 Å². The molecular weight excluding hydrogens is 294 g/mol. The number of aryl methyl sites for hydroxylation is 1. The number of benzene rings is 2. The molecule has 0 aliphatic rings. The lowest BCUT2D eigenvalue weighted by Crippen LogP contribution is -2.18. The summed E-state index contributed by atoms with van der Waals surface area (Å²) in [5.74, 6) is -0.130. The molecule has 6 heteroatoms. The highest BCUT2D eigenvalue weighted by Gasteiger charge is 2.14. The Morgan fingerprint density at radius 1 is 1.22 bits per heavy atom. The van der Waals surface area contributed by atoms with E-state index in [9.17, 15) is 14.9 Å². The summed E-state index contributed by atoms with van der Waals surface area (Å²) in [6, 6.07) is 12.3. The SMILES string of the molecule is CNC(=O)c1cccc(CCNc2c(C)cccc2[N+](=O)[O-])c1. The van der Waals surface area contributed by atoms with Gasteiger partial charge in [-0.15, -0.1) is 0 Å². The summed E-state index contributed by atoms with van der Waals surface area (Å²) in [4.78, 5) is 22.3. The van der Waals surface area contributed by atoms with Gasteiger partial charge in [0.15, 0.2) is 0 Å². The van der Waals surface area contributed by atoms with Crippen molar-refractivity contribution < 1.29 is 9.72 Å². The molecule has 2 aromatic rings. The monoisotopic (exact) mass is 313 g/mol. The molecule has 1 amide bonds. The van der Waals surface area contributed by atoms with Gasteiger partial charge in [0.25, 0.3) is 11.6 Å². The number of amides is 1. The van der Waals surface area contributed by atoms with Crippen LogP contribution in [0.4, 0.5) is 11.4 Å². The number of rotatable bonds is 6. The van der Waals surface area contributed by atoms with Gasteiger partial charge in [0.1, 0.15) is 5.69 Å². The number of carbonyl (C=O) groups is 1. The standard InChI is InChI=1S/C17H19N3O3/c1-12-5-3-8-15(20(22)23)16(12)19-10-9-13-6-4-7-14(11-13)17(21)18-2/h3-8,11,19H,9-10H2,1-2H3,(H,18,21). The average Bonchev–Trinajstić information content (AvgIpc) is 2.55. The minimum Gasteiger partial charge on any atom is -0.379 e. The van der Waals surface area contributed by atoms with Gasteiger partial charge in [-0.3, -0.25) is 14.9 Å². The molecule has 0 aliphatic carbocycles. The summed E-state index contributed by atoms with van der Waals surface area (Å²) in [5, 5.41) is 16.8. The van der Waals surface area contributed by atoms with Crippen molar-refractivity contribution in [1.82, 2.24) is 5.32 Å². The first-order valence-corrected chi connectivity index (χ1v) is 7.32. The highest BCUT2D eigenvalue weighted by Crippen LogP contribution is 2.27. The number of nitrogens with one attached hydrogen (secondary N) is 2. The zero-order valence-electron chi connectivity index (χ0n) is 13.1. The number of nitro benzene ring substituents is 1. The topological polar surface area (TPSA) is 84.3 Å². The molecule has 0 aliphatic heterocycles. The summed E-state index contributed by atoms with van der Waals surface area (Å²) < 4.78 is 0. The highest BCUT2D eigenvalue weighted by atomic mass is 16.6. The van der Waals surface area contributed by atoms with Gasteiger partial charge in [-0.1, -0.05) is 24.3 Å². The van der Waals surface area contributed by atoms with Crippen LogP contribution in [-0.4, -0.2) is 24.4 Å². The Morgan fingerprint density at radius 2 is 1.96 bits per heavy atom. The molecule has 0 saturated heterocycles. The van der Waals surface area contributed by atoms with E-state index in [-0.39, 0.29) is 16.5 Å². The van der Waals surface area contributed by atoms with Gasteiger partial charge in [-0.2, -0.15) is 0 Å². The summed E-state index contributed by atoms with van der Waals surface area (Å²) >= 11 is 0. The molecular formula is C17H19N3O3. The molecule has 0 radical (unpaired) electrons. The fourth-order valence-electron chi connectivity index (χ4n) is 2.38. The zero-order valence-corrected chi connectivity index (χ0v) is 13.1. The van der Waals surface area contributed by atoms with Crippen molar-refractivity contribution in [3.63, 3.8) is 0 Å². The second kappa shape index (κ2) is 7.40. The predicted molar refractivity (Wildman–Crippen MR) is 89.9 cm³/mol. The van der Waals surface area contributed by atoms with Crippen molar-refractivity contribution in [2.45, 2.75) is 13.3 Å². The number of hydrogen-bond donors (Lipinski definition) is 2. The average molecular weight is 313 g/mol. The second-order valence-corrected chi connectivity index (χ2v) is 5.18. The summed E-state index contributed by atoms with van der Waals surface area (Å²) in [6.07, 6.45) is 0.663. The number of carbonyl (C=O) groups excluding carboxylic acids is 1. The summed E-state index contributed by atoms with van der Waals surface area (Å²) in [5.41, 5.74) is 3.05. The van der Waals surface area contributed by atoms with Crippen LogP contribution in [0.2, 0.25) is 0 Å². The number of anilines is 1. The van der Waals surface area contributed by atoms with E-state index >= 15 is 0 Å². The van der Waals surface area contributed by atoms with Gasteiger partial charge in [-0.25, -0.2) is 0 Å². The largest absolute Gasteiger partial charge is 0.379 e. The number of para-hydroxylation sites is 1. The molecule has 6 nitrogen and oxygen atoms in total. The predicted octanol–water partition coefficient (Wildman–Crippen LogP) is 2.92. The molecule has 0 heterocycles. The van der Waals surface area contributed by atoms with Crippen LogP contribution in [0.3, 0.4) is 0 Å². The van der Waals surface area contributed by atoms with E-state index in [1.807, 2.05) is 31.2 Å². The Labute approximate surface area is 134 Å². The summed E-state index contributed by atoms with van der Waals surface area (Å²) in [7, 11) is 1.59. The lowest BCUT2D eigenvalue weighted by molar-refractivity contribution is -0.384. The van der Waals surface area contributed by atoms with E-state index in [0.717, 1.165) is 11.1 Å². The van der Waals surface area contributed by atoms with Crippen molar-refractivity contribution in [3.8, 4) is 0 Å². The Morgan fingerprint density at radius 3 is 2.65 bits per heavy atom. The molecule has 120 valence electrons. The molecule has 2 rings (SSSR count). The zero-order chi connectivity index (χ0) is 16.8. The van der Waals surface area contributed by atoms with Crippen molar-refractivity contribution in [1.29, 1.82) is 0 Å². The van der Waals surface area contributed by atoms with Crippen LogP contribution < -0.4 is 10.6 Å². The van der Waals surface area contributed by atoms with Gasteiger partial charge in [0.05, 0.1) is 4.92 Å². The normalized spacial score (nSPS) is 10.2. The minimum atomic E-state index is -0.387. The molecule has 23 heavy (non-hydrogen) atoms. The van der Waals surface area contributed by atoms with Crippen LogP contribution in [0.5, 0.6) is 0 Å². The first-order valence-electron chi connectivity index (χ1n) is 7.32. The molecule has 2 N–H and O–H groups in total. The Kier molecular flexibility index (Phi) is 5.30. The fourth-order valence-corrected chi connectivity index (χ4v) is 2.38. The van der Waals surface area contributed by atoms with Gasteiger partial charge in [0, 0.05) is 25.2 Å². The first-order chi connectivity index (χ1) is 11.0. The minimum absolute atomic E-state index is 0.0733. The highest BCUT2D eigenvalue weighted by molar-refractivity contribution is 5.94. The molecule has 0 aromatic heterocycles. The van der Waals surface area contributed by atoms with Gasteiger partial charge in [-0.05, 0) is 36.6 Å². The van der Waals surface area contributed by atoms with Crippen molar-refractivity contribution in [2.24, 2.45) is 0 Å². The third-order valence-corrected chi connectivity index (χ3v) is 3.58. The number of hydrogen-bond acceptors (Lipinski definition) is 4. The van der Waals surface area contributed by atoms with Crippen LogP contribution in [0.1, 0.15) is 21.5 Å². The molecule has 0 unspecified atom stereocenters. The third-order valence-electron chi connectivity index (χ3n) is 3.58. The Balaban J connectivity index is 2.06. The molecule has 0 fully saturated rings. The second-order valence-electron chi connectivity index (χ2n) is 5.18. The molecule has 0 saturated carbocycles. The Bertz CT molecular complexity index is 729. The molecule has 0 atom stereocenters. The fraction of sp³-hybridized carbons (Fsp3) is 0.235. The van der Waals surface area contributed by atoms with E-state index < -0.39 is 0 Å². The van der Waals surface area contributed by atoms with E-state index in [4.69, 9.17) is 0 Å². The van der Waals surface area contributed by atoms with Crippen LogP contribution in [-0.2, 0) is 6.42 Å². The third kappa shape index (κ3) is 4.06. The van der Waals surface area contributed by atoms with Crippen LogP contribution >= 0.6 is 0 Å². The smallest absolute Gasteiger partial charge is 0.292 e. The number of nitro groups is 1. The lowest BCUT2D eigenvalue weighted by Gasteiger charge is -2.10. The van der Waals surface area contributed by atoms with Gasteiger partial charge >= 0.3 is 0 Å². The first kappa shape index (κ1) is 16.5. The molecule has 0 bridgehead atoms. The molecule has 0 spiro atoms. The van der Waals surface area contributed by atoms with E-state index in [1.165, 1.54) is 6.07 Å². The van der Waals surface area contributed by atoms with Crippen molar-refractivity contribution in [3.05, 3.63) is 69.3 Å². The van der Waals surface area contributed by atoms with E-state index in [1.54, 1.807) is 19.2 Å².